The van der Waals surface area contributed by atoms with Crippen LogP contribution in [0.3, 0.4) is 0 Å². The number of rotatable bonds is 8. The number of carboxylic acid groups (broad SMARTS) is 1. The molecule has 2 aromatic heterocycles. The Labute approximate surface area is 258 Å². The summed E-state index contributed by atoms with van der Waals surface area (Å²) < 4.78 is 7.85. The van der Waals surface area contributed by atoms with Gasteiger partial charge in [-0.3, -0.25) is 14.3 Å². The molecule has 2 aromatic carbocycles. The summed E-state index contributed by atoms with van der Waals surface area (Å²) in [6, 6.07) is 7.15. The fourth-order valence-corrected chi connectivity index (χ4v) is 6.05. The standard InChI is InChI=1S/C31H33Cl2N5O5/c1-15-11-20(12-16(2)26(15)33)43-10-6-7-21-22-8-9-23(32)25(24-17(3)36-37(5)18(24)4)27(22)35-28(21)30(40)38-13-19(14-38)34-29(39)31(41)42/h8-9,11-12,19,35H,6-7,10,13-14H2,1-5H3,(H,34,39)(H,41,42). The molecule has 0 saturated carbocycles. The molecule has 3 heterocycles. The Morgan fingerprint density at radius 3 is 2.37 bits per heavy atom. The number of carbonyl (C=O) groups excluding carboxylic acids is 2. The van der Waals surface area contributed by atoms with Crippen molar-refractivity contribution in [1.29, 1.82) is 0 Å². The molecule has 0 unspecified atom stereocenters. The first-order valence-electron chi connectivity index (χ1n) is 13.9. The Bertz CT molecular complexity index is 1750. The van der Waals surface area contributed by atoms with Crippen LogP contribution in [0.5, 0.6) is 5.75 Å². The molecular weight excluding hydrogens is 593 g/mol. The summed E-state index contributed by atoms with van der Waals surface area (Å²) in [6.45, 7) is 8.62. The second-order valence-corrected chi connectivity index (χ2v) is 11.8. The molecule has 1 fully saturated rings. The minimum atomic E-state index is -1.56. The number of aromatic nitrogens is 3. The number of carboxylic acids is 1. The first-order chi connectivity index (χ1) is 20.4. The fraction of sp³-hybridized carbons (Fsp3) is 0.355. The van der Waals surface area contributed by atoms with Gasteiger partial charge in [0.15, 0.2) is 0 Å². The molecule has 0 atom stereocenters. The second kappa shape index (κ2) is 11.9. The van der Waals surface area contributed by atoms with Crippen LogP contribution in [0, 0.1) is 27.7 Å². The maximum absolute atomic E-state index is 13.8. The third kappa shape index (κ3) is 5.81. The number of fused-ring (bicyclic) bond motifs is 1. The highest BCUT2D eigenvalue weighted by atomic mass is 35.5. The summed E-state index contributed by atoms with van der Waals surface area (Å²) in [6.07, 6.45) is 1.18. The average Bonchev–Trinajstić information content (AvgIpc) is 3.42. The van der Waals surface area contributed by atoms with E-state index in [1.54, 1.807) is 9.58 Å². The van der Waals surface area contributed by atoms with E-state index in [0.29, 0.717) is 30.2 Å². The first-order valence-corrected chi connectivity index (χ1v) is 14.7. The number of aromatic amines is 1. The van der Waals surface area contributed by atoms with Gasteiger partial charge >= 0.3 is 11.9 Å². The van der Waals surface area contributed by atoms with Gasteiger partial charge < -0.3 is 25.0 Å². The van der Waals surface area contributed by atoms with Gasteiger partial charge in [-0.05, 0) is 75.4 Å². The molecule has 12 heteroatoms. The lowest BCUT2D eigenvalue weighted by molar-refractivity contribution is -0.151. The highest BCUT2D eigenvalue weighted by molar-refractivity contribution is 6.35. The number of halogens is 2. The van der Waals surface area contributed by atoms with Crippen molar-refractivity contribution in [3.8, 4) is 16.9 Å². The molecule has 10 nitrogen and oxygen atoms in total. The van der Waals surface area contributed by atoms with Crippen LogP contribution in [0.2, 0.25) is 10.0 Å². The van der Waals surface area contributed by atoms with Gasteiger partial charge in [-0.25, -0.2) is 4.79 Å². The predicted octanol–water partition coefficient (Wildman–Crippen LogP) is 5.15. The monoisotopic (exact) mass is 625 g/mol. The molecular formula is C31H33Cl2N5O5. The maximum Gasteiger partial charge on any atom is 0.394 e. The molecule has 0 bridgehead atoms. The average molecular weight is 627 g/mol. The number of carbonyl (C=O) groups is 3. The Kier molecular flexibility index (Phi) is 8.45. The van der Waals surface area contributed by atoms with Gasteiger partial charge in [0, 0.05) is 47.4 Å². The van der Waals surface area contributed by atoms with Crippen LogP contribution in [0.15, 0.2) is 24.3 Å². The van der Waals surface area contributed by atoms with Gasteiger partial charge in [0.25, 0.3) is 5.91 Å². The summed E-state index contributed by atoms with van der Waals surface area (Å²) >= 11 is 13.1. The fourth-order valence-electron chi connectivity index (χ4n) is 5.69. The van der Waals surface area contributed by atoms with Crippen LogP contribution >= 0.6 is 23.2 Å². The van der Waals surface area contributed by atoms with Crippen molar-refractivity contribution in [2.24, 2.45) is 7.05 Å². The Balaban J connectivity index is 1.46. The number of amides is 2. The molecule has 1 aliphatic heterocycles. The van der Waals surface area contributed by atoms with Crippen molar-refractivity contribution in [3.05, 3.63) is 68.1 Å². The summed E-state index contributed by atoms with van der Waals surface area (Å²) in [5.41, 5.74) is 7.34. The van der Waals surface area contributed by atoms with E-state index in [0.717, 1.165) is 60.9 Å². The normalized spacial score (nSPS) is 13.3. The predicted molar refractivity (Wildman–Crippen MR) is 165 cm³/mol. The minimum absolute atomic E-state index is 0.208. The van der Waals surface area contributed by atoms with Gasteiger partial charge in [-0.15, -0.1) is 0 Å². The lowest BCUT2D eigenvalue weighted by atomic mass is 9.98. The Hall–Kier alpha value is -4.02. The van der Waals surface area contributed by atoms with Crippen LogP contribution in [0.4, 0.5) is 0 Å². The van der Waals surface area contributed by atoms with E-state index in [4.69, 9.17) is 33.0 Å². The van der Waals surface area contributed by atoms with Gasteiger partial charge in [-0.1, -0.05) is 29.3 Å². The van der Waals surface area contributed by atoms with Crippen molar-refractivity contribution in [2.75, 3.05) is 19.7 Å². The zero-order chi connectivity index (χ0) is 31.2. The lowest BCUT2D eigenvalue weighted by Crippen LogP contribution is -2.61. The van der Waals surface area contributed by atoms with E-state index in [-0.39, 0.29) is 19.0 Å². The van der Waals surface area contributed by atoms with Crippen LogP contribution < -0.4 is 10.1 Å². The third-order valence-electron chi connectivity index (χ3n) is 7.95. The molecule has 2 amide bonds. The number of hydrogen-bond acceptors (Lipinski definition) is 5. The molecule has 226 valence electrons. The highest BCUT2D eigenvalue weighted by Gasteiger charge is 2.35. The zero-order valence-electron chi connectivity index (χ0n) is 24.6. The largest absolute Gasteiger partial charge is 0.494 e. The number of aliphatic carboxylic acids is 1. The van der Waals surface area contributed by atoms with Crippen molar-refractivity contribution >= 4 is 51.9 Å². The maximum atomic E-state index is 13.8. The van der Waals surface area contributed by atoms with E-state index in [1.807, 2.05) is 59.0 Å². The highest BCUT2D eigenvalue weighted by Crippen LogP contribution is 2.40. The zero-order valence-corrected chi connectivity index (χ0v) is 26.1. The number of H-pyrrole nitrogens is 1. The molecule has 4 aromatic rings. The molecule has 1 saturated heterocycles. The summed E-state index contributed by atoms with van der Waals surface area (Å²) in [4.78, 5) is 41.2. The summed E-state index contributed by atoms with van der Waals surface area (Å²) in [5.74, 6) is -2.14. The molecule has 0 spiro atoms. The molecule has 0 radical (unpaired) electrons. The second-order valence-electron chi connectivity index (χ2n) is 11.0. The van der Waals surface area contributed by atoms with Gasteiger partial charge in [0.1, 0.15) is 11.4 Å². The Morgan fingerprint density at radius 1 is 1.09 bits per heavy atom. The van der Waals surface area contributed by atoms with Crippen LogP contribution in [0.25, 0.3) is 22.0 Å². The number of aryl methyl sites for hydroxylation is 5. The van der Waals surface area contributed by atoms with E-state index < -0.39 is 17.9 Å². The van der Waals surface area contributed by atoms with Crippen LogP contribution in [-0.2, 0) is 23.1 Å². The number of benzene rings is 2. The van der Waals surface area contributed by atoms with Crippen molar-refractivity contribution in [2.45, 2.75) is 46.6 Å². The molecule has 1 aliphatic rings. The summed E-state index contributed by atoms with van der Waals surface area (Å²) in [7, 11) is 1.88. The SMILES string of the molecule is Cc1cc(OCCCc2c(C(=O)N3CC(NC(=O)C(=O)O)C3)[nH]c3c(-c4c(C)nn(C)c4C)c(Cl)ccc23)cc(C)c1Cl. The molecule has 3 N–H and O–H groups in total. The molecule has 43 heavy (non-hydrogen) atoms. The van der Waals surface area contributed by atoms with Gasteiger partial charge in [0.2, 0.25) is 0 Å². The lowest BCUT2D eigenvalue weighted by Gasteiger charge is -2.39. The molecule has 0 aliphatic carbocycles. The topological polar surface area (TPSA) is 130 Å². The van der Waals surface area contributed by atoms with E-state index in [1.165, 1.54) is 0 Å². The van der Waals surface area contributed by atoms with Crippen molar-refractivity contribution in [3.63, 3.8) is 0 Å². The minimum Gasteiger partial charge on any atom is -0.494 e. The summed E-state index contributed by atoms with van der Waals surface area (Å²) in [5, 5.41) is 18.0. The number of nitrogens with one attached hydrogen (secondary N) is 2. The van der Waals surface area contributed by atoms with E-state index in [2.05, 4.69) is 15.4 Å². The van der Waals surface area contributed by atoms with Crippen molar-refractivity contribution in [1.82, 2.24) is 25.0 Å². The number of likely N-dealkylation sites (tertiary alicyclic amines) is 1. The van der Waals surface area contributed by atoms with Gasteiger partial charge in [-0.2, -0.15) is 5.10 Å². The van der Waals surface area contributed by atoms with E-state index in [9.17, 15) is 14.4 Å². The van der Waals surface area contributed by atoms with Crippen LogP contribution in [-0.4, -0.2) is 68.3 Å². The smallest absolute Gasteiger partial charge is 0.394 e. The quantitative estimate of drug-likeness (QED) is 0.183. The first kappa shape index (κ1) is 30.4. The molecule has 5 rings (SSSR count). The Morgan fingerprint density at radius 2 is 1.77 bits per heavy atom. The number of nitrogens with zero attached hydrogens (tertiary/aromatic N) is 3. The number of hydrogen-bond donors (Lipinski definition) is 3. The van der Waals surface area contributed by atoms with Crippen molar-refractivity contribution < 1.29 is 24.2 Å². The third-order valence-corrected chi connectivity index (χ3v) is 8.86. The number of ether oxygens (including phenoxy) is 1. The van der Waals surface area contributed by atoms with Crippen LogP contribution in [0.1, 0.15) is 45.0 Å². The van der Waals surface area contributed by atoms with E-state index >= 15 is 0 Å². The van der Waals surface area contributed by atoms with Gasteiger partial charge in [0.05, 0.1) is 28.9 Å².